The first-order valence-corrected chi connectivity index (χ1v) is 35.9. The van der Waals surface area contributed by atoms with E-state index in [1.54, 1.807) is 6.08 Å². The van der Waals surface area contributed by atoms with E-state index in [2.05, 4.69) is 55.6 Å². The SMILES string of the molecule is CCC/C=C\C/C=C\CCCCCCCC(=O)OCCCCCCCCCCCCCC/C=C\CCCCCCCCCCCCCCCCC(=O)NC(CO)C(O)/C=C/CCCCCCCCCCCCCCCCCCCC. The van der Waals surface area contributed by atoms with Gasteiger partial charge in [0.05, 0.1) is 25.4 Å². The molecule has 3 N–H and O–H groups in total. The predicted octanol–water partition coefficient (Wildman–Crippen LogP) is 23.3. The maximum atomic E-state index is 12.5. The topological polar surface area (TPSA) is 95.9 Å². The maximum Gasteiger partial charge on any atom is 0.305 e. The molecule has 0 spiro atoms. The summed E-state index contributed by atoms with van der Waals surface area (Å²) in [5, 5.41) is 23.2. The Labute approximate surface area is 499 Å². The first-order chi connectivity index (χ1) is 39.5. The van der Waals surface area contributed by atoms with Gasteiger partial charge in [0.25, 0.3) is 0 Å². The Morgan fingerprint density at radius 3 is 1.01 bits per heavy atom. The minimum absolute atomic E-state index is 0.00148. The third kappa shape index (κ3) is 65.0. The number of carbonyl (C=O) groups is 2. The van der Waals surface area contributed by atoms with Gasteiger partial charge in [-0.25, -0.2) is 0 Å². The highest BCUT2D eigenvalue weighted by Gasteiger charge is 2.18. The van der Waals surface area contributed by atoms with Crippen molar-refractivity contribution in [2.75, 3.05) is 13.2 Å². The van der Waals surface area contributed by atoms with Gasteiger partial charge in [0.2, 0.25) is 5.91 Å². The lowest BCUT2D eigenvalue weighted by Crippen LogP contribution is -2.45. The van der Waals surface area contributed by atoms with E-state index in [9.17, 15) is 19.8 Å². The van der Waals surface area contributed by atoms with Gasteiger partial charge in [-0.3, -0.25) is 9.59 Å². The average molecular weight is 1120 g/mol. The van der Waals surface area contributed by atoms with Crippen LogP contribution in [-0.2, 0) is 14.3 Å². The van der Waals surface area contributed by atoms with E-state index in [-0.39, 0.29) is 18.5 Å². The van der Waals surface area contributed by atoms with Crippen molar-refractivity contribution in [2.24, 2.45) is 0 Å². The quantitative estimate of drug-likeness (QED) is 0.0320. The lowest BCUT2D eigenvalue weighted by molar-refractivity contribution is -0.143. The number of hydrogen-bond acceptors (Lipinski definition) is 5. The van der Waals surface area contributed by atoms with Gasteiger partial charge in [0.1, 0.15) is 0 Å². The molecule has 0 aliphatic heterocycles. The summed E-state index contributed by atoms with van der Waals surface area (Å²) in [5.41, 5.74) is 0. The third-order valence-electron chi connectivity index (χ3n) is 16.5. The van der Waals surface area contributed by atoms with Crippen LogP contribution >= 0.6 is 0 Å². The second kappa shape index (κ2) is 69.3. The van der Waals surface area contributed by atoms with Crippen LogP contribution in [0.2, 0.25) is 0 Å². The Morgan fingerprint density at radius 1 is 0.350 bits per heavy atom. The van der Waals surface area contributed by atoms with Crippen LogP contribution in [0.5, 0.6) is 0 Å². The van der Waals surface area contributed by atoms with Crippen molar-refractivity contribution >= 4 is 11.9 Å². The molecule has 0 aliphatic carbocycles. The van der Waals surface area contributed by atoms with Gasteiger partial charge >= 0.3 is 5.97 Å². The number of amides is 1. The Kier molecular flexibility index (Phi) is 67.4. The van der Waals surface area contributed by atoms with Gasteiger partial charge in [-0.1, -0.05) is 339 Å². The second-order valence-electron chi connectivity index (χ2n) is 24.6. The van der Waals surface area contributed by atoms with Gasteiger partial charge in [-0.15, -0.1) is 0 Å². The Bertz CT molecular complexity index is 1340. The molecule has 0 saturated heterocycles. The molecule has 0 saturated carbocycles. The summed E-state index contributed by atoms with van der Waals surface area (Å²) in [4.78, 5) is 24.6. The number of aliphatic hydroxyl groups is 2. The molecule has 0 aromatic rings. The van der Waals surface area contributed by atoms with Crippen molar-refractivity contribution in [1.29, 1.82) is 0 Å². The molecule has 2 atom stereocenters. The molecule has 470 valence electrons. The molecule has 0 aromatic carbocycles. The number of esters is 1. The van der Waals surface area contributed by atoms with Crippen LogP contribution in [0.15, 0.2) is 48.6 Å². The van der Waals surface area contributed by atoms with E-state index in [4.69, 9.17) is 4.74 Å². The van der Waals surface area contributed by atoms with Gasteiger partial charge in [0.15, 0.2) is 0 Å². The smallest absolute Gasteiger partial charge is 0.305 e. The average Bonchev–Trinajstić information content (AvgIpc) is 3.46. The summed E-state index contributed by atoms with van der Waals surface area (Å²) in [6.07, 6.45) is 90.5. The fourth-order valence-electron chi connectivity index (χ4n) is 11.1. The number of allylic oxidation sites excluding steroid dienone is 7. The molecule has 0 aliphatic rings. The second-order valence-corrected chi connectivity index (χ2v) is 24.6. The molecular formula is C74H139NO5. The molecule has 0 aromatic heterocycles. The van der Waals surface area contributed by atoms with Gasteiger partial charge in [-0.05, 0) is 83.5 Å². The summed E-state index contributed by atoms with van der Waals surface area (Å²) in [6.45, 7) is 4.86. The zero-order valence-electron chi connectivity index (χ0n) is 53.8. The first kappa shape index (κ1) is 77.8. The van der Waals surface area contributed by atoms with Gasteiger partial charge in [0, 0.05) is 12.8 Å². The summed E-state index contributed by atoms with van der Waals surface area (Å²) in [5.74, 6) is -0.0618. The van der Waals surface area contributed by atoms with Gasteiger partial charge in [-0.2, -0.15) is 0 Å². The Balaban J connectivity index is 3.40. The third-order valence-corrected chi connectivity index (χ3v) is 16.5. The fourth-order valence-corrected chi connectivity index (χ4v) is 11.1. The largest absolute Gasteiger partial charge is 0.466 e. The number of rotatable bonds is 67. The van der Waals surface area contributed by atoms with Crippen LogP contribution in [-0.4, -0.2) is 47.4 Å². The molecule has 0 fully saturated rings. The standard InChI is InChI=1S/C74H139NO5/c1-3-5-7-9-11-13-15-17-18-19-20-33-36-39-43-46-50-54-58-62-66-72(77)71(70-76)75-73(78)67-63-59-55-51-47-44-40-37-34-31-29-27-25-23-21-22-24-26-28-30-32-35-38-41-45-49-53-57-61-65-69-80-74(79)68-64-60-56-52-48-42-16-14-12-10-8-6-4-2/h8,10,14,16,22,24,62,66,71-72,76-77H,3-7,9,11-13,15,17-21,23,25-61,63-65,67-70H2,1-2H3,(H,75,78)/b10-8-,16-14-,24-22-,66-62+. The number of unbranched alkanes of at least 4 members (excludes halogenated alkanes) is 50. The lowest BCUT2D eigenvalue weighted by Gasteiger charge is -2.20. The minimum Gasteiger partial charge on any atom is -0.466 e. The highest BCUT2D eigenvalue weighted by Crippen LogP contribution is 2.18. The van der Waals surface area contributed by atoms with Crippen molar-refractivity contribution in [2.45, 2.75) is 398 Å². The Hall–Kier alpha value is -2.18. The number of nitrogens with one attached hydrogen (secondary N) is 1. The van der Waals surface area contributed by atoms with Crippen molar-refractivity contribution in [3.63, 3.8) is 0 Å². The molecular weight excluding hydrogens is 983 g/mol. The number of hydrogen-bond donors (Lipinski definition) is 3. The van der Waals surface area contributed by atoms with E-state index in [1.807, 2.05) is 6.08 Å². The molecule has 2 unspecified atom stereocenters. The zero-order valence-corrected chi connectivity index (χ0v) is 53.8. The normalized spacial score (nSPS) is 12.8. The number of ether oxygens (including phenoxy) is 1. The van der Waals surface area contributed by atoms with Crippen molar-refractivity contribution in [3.05, 3.63) is 48.6 Å². The van der Waals surface area contributed by atoms with Crippen LogP contribution < -0.4 is 5.32 Å². The minimum atomic E-state index is -0.845. The Morgan fingerprint density at radius 2 is 0.650 bits per heavy atom. The molecule has 6 heteroatoms. The van der Waals surface area contributed by atoms with Crippen LogP contribution in [0.1, 0.15) is 386 Å². The highest BCUT2D eigenvalue weighted by atomic mass is 16.5. The molecule has 0 heterocycles. The highest BCUT2D eigenvalue weighted by molar-refractivity contribution is 5.76. The van der Waals surface area contributed by atoms with Crippen LogP contribution in [0.4, 0.5) is 0 Å². The van der Waals surface area contributed by atoms with Crippen LogP contribution in [0.3, 0.4) is 0 Å². The van der Waals surface area contributed by atoms with E-state index >= 15 is 0 Å². The van der Waals surface area contributed by atoms with Gasteiger partial charge < -0.3 is 20.3 Å². The predicted molar refractivity (Wildman–Crippen MR) is 352 cm³/mol. The molecule has 0 rings (SSSR count). The molecule has 1 amide bonds. The van der Waals surface area contributed by atoms with E-state index in [1.165, 1.54) is 308 Å². The van der Waals surface area contributed by atoms with E-state index in [0.717, 1.165) is 51.4 Å². The molecule has 0 bridgehead atoms. The lowest BCUT2D eigenvalue weighted by atomic mass is 10.0. The zero-order chi connectivity index (χ0) is 57.8. The summed E-state index contributed by atoms with van der Waals surface area (Å²) < 4.78 is 5.47. The number of aliphatic hydroxyl groups excluding tert-OH is 2. The summed E-state index contributed by atoms with van der Waals surface area (Å²) in [6, 6.07) is -0.628. The van der Waals surface area contributed by atoms with Crippen molar-refractivity contribution in [1.82, 2.24) is 5.32 Å². The maximum absolute atomic E-state index is 12.5. The number of carbonyl (C=O) groups excluding carboxylic acids is 2. The molecule has 80 heavy (non-hydrogen) atoms. The van der Waals surface area contributed by atoms with Crippen molar-refractivity contribution < 1.29 is 24.5 Å². The fraction of sp³-hybridized carbons (Fsp3) is 0.865. The first-order valence-electron chi connectivity index (χ1n) is 35.9. The molecule has 0 radical (unpaired) electrons. The molecule has 6 nitrogen and oxygen atoms in total. The van der Waals surface area contributed by atoms with E-state index in [0.29, 0.717) is 19.4 Å². The van der Waals surface area contributed by atoms with Crippen LogP contribution in [0, 0.1) is 0 Å². The monoisotopic (exact) mass is 1120 g/mol. The van der Waals surface area contributed by atoms with E-state index < -0.39 is 12.1 Å². The summed E-state index contributed by atoms with van der Waals surface area (Å²) >= 11 is 0. The summed E-state index contributed by atoms with van der Waals surface area (Å²) in [7, 11) is 0. The van der Waals surface area contributed by atoms with Crippen molar-refractivity contribution in [3.8, 4) is 0 Å². The van der Waals surface area contributed by atoms with Crippen LogP contribution in [0.25, 0.3) is 0 Å².